The number of amides is 1. The number of aromatic amines is 1. The number of hydrogen-bond acceptors (Lipinski definition) is 4. The first-order valence-electron chi connectivity index (χ1n) is 6.89. The predicted molar refractivity (Wildman–Crippen MR) is 85.7 cm³/mol. The summed E-state index contributed by atoms with van der Waals surface area (Å²) in [4.78, 5) is 26.9. The number of H-pyrrole nitrogens is 1. The zero-order chi connectivity index (χ0) is 16.4. The van der Waals surface area contributed by atoms with Crippen LogP contribution < -0.4 is 5.32 Å². The van der Waals surface area contributed by atoms with Crippen LogP contribution in [0.2, 0.25) is 0 Å². The molecule has 0 aliphatic carbocycles. The number of methoxy groups -OCH3 is 1. The lowest BCUT2D eigenvalue weighted by molar-refractivity contribution is 0.0597. The summed E-state index contributed by atoms with van der Waals surface area (Å²) in [5, 5.41) is 13.6. The van der Waals surface area contributed by atoms with Crippen molar-refractivity contribution in [3.8, 4) is 5.75 Å². The highest BCUT2D eigenvalue weighted by Gasteiger charge is 2.17. The Hall–Kier alpha value is -3.28. The second kappa shape index (κ2) is 5.84. The molecule has 116 valence electrons. The molecule has 0 saturated carbocycles. The van der Waals surface area contributed by atoms with Gasteiger partial charge in [-0.2, -0.15) is 0 Å². The molecule has 1 aromatic heterocycles. The Kier molecular flexibility index (Phi) is 3.72. The smallest absolute Gasteiger partial charge is 0.341 e. The molecule has 0 saturated heterocycles. The van der Waals surface area contributed by atoms with Crippen LogP contribution in [0.3, 0.4) is 0 Å². The zero-order valence-corrected chi connectivity index (χ0v) is 12.3. The highest BCUT2D eigenvalue weighted by molar-refractivity contribution is 6.07. The van der Waals surface area contributed by atoms with Crippen molar-refractivity contribution in [3.63, 3.8) is 0 Å². The van der Waals surface area contributed by atoms with E-state index in [-0.39, 0.29) is 17.0 Å². The quantitative estimate of drug-likeness (QED) is 0.512. The van der Waals surface area contributed by atoms with E-state index in [1.807, 2.05) is 24.3 Å². The number of benzene rings is 2. The van der Waals surface area contributed by atoms with Gasteiger partial charge in [0, 0.05) is 10.9 Å². The number of esters is 1. The fourth-order valence-electron chi connectivity index (χ4n) is 2.30. The molecule has 23 heavy (non-hydrogen) atoms. The number of fused-ring (bicyclic) bond motifs is 1. The highest BCUT2D eigenvalue weighted by atomic mass is 16.5. The van der Waals surface area contributed by atoms with Crippen LogP contribution >= 0.6 is 0 Å². The van der Waals surface area contributed by atoms with Gasteiger partial charge in [-0.25, -0.2) is 4.79 Å². The third-order valence-corrected chi connectivity index (χ3v) is 3.46. The van der Waals surface area contributed by atoms with Crippen molar-refractivity contribution in [1.29, 1.82) is 0 Å². The molecule has 0 radical (unpaired) electrons. The number of phenolic OH excluding ortho intramolecular Hbond substituents is 1. The Labute approximate surface area is 131 Å². The molecule has 0 aliphatic heterocycles. The van der Waals surface area contributed by atoms with Crippen molar-refractivity contribution in [2.45, 2.75) is 0 Å². The maximum absolute atomic E-state index is 12.3. The number of aromatic hydroxyl groups is 1. The van der Waals surface area contributed by atoms with Crippen LogP contribution in [0.25, 0.3) is 10.9 Å². The number of rotatable bonds is 3. The Morgan fingerprint density at radius 2 is 1.91 bits per heavy atom. The minimum absolute atomic E-state index is 0.0121. The summed E-state index contributed by atoms with van der Waals surface area (Å²) < 4.78 is 4.58. The van der Waals surface area contributed by atoms with Crippen molar-refractivity contribution in [1.82, 2.24) is 4.98 Å². The van der Waals surface area contributed by atoms with Crippen molar-refractivity contribution in [2.75, 3.05) is 12.4 Å². The minimum atomic E-state index is -0.677. The Morgan fingerprint density at radius 3 is 2.65 bits per heavy atom. The molecule has 3 rings (SSSR count). The average molecular weight is 310 g/mol. The number of carbonyl (C=O) groups is 2. The molecule has 1 amide bonds. The number of ether oxygens (including phenoxy) is 1. The van der Waals surface area contributed by atoms with Gasteiger partial charge in [-0.1, -0.05) is 24.3 Å². The summed E-state index contributed by atoms with van der Waals surface area (Å²) in [6.45, 7) is 0. The van der Waals surface area contributed by atoms with Crippen LogP contribution in [-0.2, 0) is 4.74 Å². The first kappa shape index (κ1) is 14.6. The molecule has 0 fully saturated rings. The van der Waals surface area contributed by atoms with Crippen molar-refractivity contribution in [3.05, 3.63) is 59.8 Å². The lowest BCUT2D eigenvalue weighted by Crippen LogP contribution is -2.13. The third kappa shape index (κ3) is 2.74. The largest absolute Gasteiger partial charge is 0.505 e. The number of aromatic nitrogens is 1. The first-order valence-corrected chi connectivity index (χ1v) is 6.89. The maximum Gasteiger partial charge on any atom is 0.341 e. The van der Waals surface area contributed by atoms with E-state index in [1.54, 1.807) is 12.1 Å². The molecule has 0 spiro atoms. The second-order valence-electron chi connectivity index (χ2n) is 4.92. The van der Waals surface area contributed by atoms with Crippen LogP contribution in [0, 0.1) is 0 Å². The number of hydrogen-bond donors (Lipinski definition) is 3. The van der Waals surface area contributed by atoms with Gasteiger partial charge >= 0.3 is 5.97 Å². The van der Waals surface area contributed by atoms with Gasteiger partial charge in [0.2, 0.25) is 0 Å². The molecule has 0 atom stereocenters. The number of anilines is 1. The van der Waals surface area contributed by atoms with Gasteiger partial charge in [-0.05, 0) is 24.3 Å². The number of para-hydroxylation sites is 2. The predicted octanol–water partition coefficient (Wildman–Crippen LogP) is 2.91. The van der Waals surface area contributed by atoms with Crippen LogP contribution in [0.1, 0.15) is 20.8 Å². The van der Waals surface area contributed by atoms with E-state index in [0.29, 0.717) is 5.69 Å². The molecule has 0 aliphatic rings. The minimum Gasteiger partial charge on any atom is -0.505 e. The molecule has 0 unspecified atom stereocenters. The topological polar surface area (TPSA) is 91.4 Å². The van der Waals surface area contributed by atoms with Crippen LogP contribution in [0.4, 0.5) is 5.69 Å². The molecule has 6 nitrogen and oxygen atoms in total. The number of carbonyl (C=O) groups excluding carboxylic acids is 2. The van der Waals surface area contributed by atoms with E-state index in [4.69, 9.17) is 0 Å². The maximum atomic E-state index is 12.3. The Bertz CT molecular complexity index is 865. The highest BCUT2D eigenvalue weighted by Crippen LogP contribution is 2.28. The SMILES string of the molecule is COC(=O)c1cccc(NC(=O)c2cc3ccccc3[nH]2)c1O. The molecule has 3 aromatic rings. The fraction of sp³-hybridized carbons (Fsp3) is 0.0588. The van der Waals surface area contributed by atoms with Gasteiger partial charge < -0.3 is 20.1 Å². The molecule has 3 N–H and O–H groups in total. The zero-order valence-electron chi connectivity index (χ0n) is 12.3. The molecule has 6 heteroatoms. The average Bonchev–Trinajstić information content (AvgIpc) is 3.00. The third-order valence-electron chi connectivity index (χ3n) is 3.46. The van der Waals surface area contributed by atoms with Crippen molar-refractivity contribution >= 4 is 28.5 Å². The molecule has 2 aromatic carbocycles. The Morgan fingerprint density at radius 1 is 1.13 bits per heavy atom. The summed E-state index contributed by atoms with van der Waals surface area (Å²) in [6.07, 6.45) is 0. The summed E-state index contributed by atoms with van der Waals surface area (Å²) in [5.41, 5.74) is 1.32. The lowest BCUT2D eigenvalue weighted by atomic mass is 10.1. The van der Waals surface area contributed by atoms with E-state index in [2.05, 4.69) is 15.0 Å². The monoisotopic (exact) mass is 310 g/mol. The van der Waals surface area contributed by atoms with Gasteiger partial charge in [0.1, 0.15) is 11.3 Å². The van der Waals surface area contributed by atoms with Gasteiger partial charge in [-0.15, -0.1) is 0 Å². The Balaban J connectivity index is 1.89. The second-order valence-corrected chi connectivity index (χ2v) is 4.92. The van der Waals surface area contributed by atoms with Crippen molar-refractivity contribution < 1.29 is 19.4 Å². The summed E-state index contributed by atoms with van der Waals surface area (Å²) in [7, 11) is 1.22. The standard InChI is InChI=1S/C17H14N2O4/c1-23-17(22)11-6-4-8-13(15(11)20)19-16(21)14-9-10-5-2-3-7-12(10)18-14/h2-9,18,20H,1H3,(H,19,21). The van der Waals surface area contributed by atoms with E-state index in [1.165, 1.54) is 19.2 Å². The van der Waals surface area contributed by atoms with E-state index in [9.17, 15) is 14.7 Å². The normalized spacial score (nSPS) is 10.5. The van der Waals surface area contributed by atoms with Gasteiger partial charge in [0.25, 0.3) is 5.91 Å². The molecular weight excluding hydrogens is 296 g/mol. The molecule has 1 heterocycles. The molecular formula is C17H14N2O4. The van der Waals surface area contributed by atoms with E-state index < -0.39 is 11.9 Å². The van der Waals surface area contributed by atoms with E-state index in [0.717, 1.165) is 10.9 Å². The van der Waals surface area contributed by atoms with Crippen LogP contribution in [0.15, 0.2) is 48.5 Å². The molecule has 0 bridgehead atoms. The number of phenols is 1. The van der Waals surface area contributed by atoms with Gasteiger partial charge in [0.05, 0.1) is 12.8 Å². The van der Waals surface area contributed by atoms with Gasteiger partial charge in [-0.3, -0.25) is 4.79 Å². The van der Waals surface area contributed by atoms with E-state index >= 15 is 0 Å². The van der Waals surface area contributed by atoms with Crippen LogP contribution in [0.5, 0.6) is 5.75 Å². The number of nitrogens with one attached hydrogen (secondary N) is 2. The summed E-state index contributed by atoms with van der Waals surface area (Å²) in [6, 6.07) is 13.7. The lowest BCUT2D eigenvalue weighted by Gasteiger charge is -2.09. The van der Waals surface area contributed by atoms with Crippen molar-refractivity contribution in [2.24, 2.45) is 0 Å². The first-order chi connectivity index (χ1) is 11.1. The van der Waals surface area contributed by atoms with Gasteiger partial charge in [0.15, 0.2) is 5.75 Å². The summed E-state index contributed by atoms with van der Waals surface area (Å²) in [5.74, 6) is -1.42. The van der Waals surface area contributed by atoms with Crippen LogP contribution in [-0.4, -0.2) is 29.1 Å². The summed E-state index contributed by atoms with van der Waals surface area (Å²) >= 11 is 0. The fourth-order valence-corrected chi connectivity index (χ4v) is 2.30.